The van der Waals surface area contributed by atoms with Gasteiger partial charge < -0.3 is 23.1 Å². The molecule has 0 saturated carbocycles. The van der Waals surface area contributed by atoms with E-state index in [9.17, 15) is 68.7 Å². The molecule has 18 nitrogen and oxygen atoms in total. The molecule has 0 spiro atoms. The molecule has 0 unspecified atom stereocenters. The van der Waals surface area contributed by atoms with Crippen LogP contribution in [0.25, 0.3) is 0 Å². The van der Waals surface area contributed by atoms with Crippen LogP contribution in [-0.4, -0.2) is 120 Å². The summed E-state index contributed by atoms with van der Waals surface area (Å²) in [6, 6.07) is 8.07. The van der Waals surface area contributed by atoms with E-state index < -0.39 is 105 Å². The fraction of sp³-hybridized carbons (Fsp3) is 0.452. The molecule has 2 aliphatic rings. The molecule has 2 heterocycles. The van der Waals surface area contributed by atoms with Crippen molar-refractivity contribution in [3.05, 3.63) is 77.0 Å². The van der Waals surface area contributed by atoms with Crippen LogP contribution in [-0.2, 0) is 76.7 Å². The SMILES string of the molecule is CC1(C)C(C=C/C=C2/N(CCS(=O)(=O)[O-])c3ccc(CS(=O)(=O)CS(=O)(=O)[O-])cc3C2(C)C)=[N+](CCS(=O)(=O)[O-])c2ccc(S(=O)(=O)CCS(=O)(=O)[O-])cc21.[K+].[K+].[Na+]. The first-order valence-electron chi connectivity index (χ1n) is 16.0. The normalized spacial score (nSPS) is 17.4. The van der Waals surface area contributed by atoms with E-state index in [1.54, 1.807) is 39.8 Å². The van der Waals surface area contributed by atoms with Crippen molar-refractivity contribution < 1.29 is 206 Å². The topological polar surface area (TPSA) is 303 Å². The van der Waals surface area contributed by atoms with Gasteiger partial charge in [-0.25, -0.2) is 50.5 Å². The second kappa shape index (κ2) is 20.6. The van der Waals surface area contributed by atoms with Gasteiger partial charge in [0.15, 0.2) is 31.9 Å². The smallest absolute Gasteiger partial charge is 0.748 e. The zero-order valence-corrected chi connectivity index (χ0v) is 45.9. The van der Waals surface area contributed by atoms with Crippen LogP contribution in [0.2, 0.25) is 0 Å². The van der Waals surface area contributed by atoms with Gasteiger partial charge in [0.1, 0.15) is 25.3 Å². The second-order valence-electron chi connectivity index (χ2n) is 14.0. The summed E-state index contributed by atoms with van der Waals surface area (Å²) < 4.78 is 189. The van der Waals surface area contributed by atoms with Crippen molar-refractivity contribution >= 4 is 77.2 Å². The Morgan fingerprint density at radius 2 is 1.24 bits per heavy atom. The van der Waals surface area contributed by atoms with Crippen molar-refractivity contribution in [2.24, 2.45) is 0 Å². The van der Waals surface area contributed by atoms with Crippen LogP contribution in [0.5, 0.6) is 0 Å². The summed E-state index contributed by atoms with van der Waals surface area (Å²) in [5, 5.41) is -1.62. The quantitative estimate of drug-likeness (QED) is 0.0857. The molecule has 0 radical (unpaired) electrons. The fourth-order valence-electron chi connectivity index (χ4n) is 6.62. The minimum Gasteiger partial charge on any atom is -0.748 e. The maximum absolute atomic E-state index is 13.0. The zero-order chi connectivity index (χ0) is 41.8. The van der Waals surface area contributed by atoms with Gasteiger partial charge in [0.25, 0.3) is 0 Å². The van der Waals surface area contributed by atoms with Crippen LogP contribution in [0.3, 0.4) is 0 Å². The van der Waals surface area contributed by atoms with Crippen molar-refractivity contribution in [2.75, 3.05) is 46.1 Å². The van der Waals surface area contributed by atoms with Crippen LogP contribution >= 0.6 is 0 Å². The Labute approximate surface area is 447 Å². The molecule has 0 fully saturated rings. The van der Waals surface area contributed by atoms with Crippen LogP contribution in [0.1, 0.15) is 44.4 Å². The Bertz CT molecular complexity index is 2700. The average molecular weight is 987 g/mol. The van der Waals surface area contributed by atoms with Crippen molar-refractivity contribution in [3.8, 4) is 0 Å². The molecule has 58 heavy (non-hydrogen) atoms. The van der Waals surface area contributed by atoms with Crippen molar-refractivity contribution in [1.29, 1.82) is 0 Å². The zero-order valence-electron chi connectivity index (χ0n) is 32.7. The summed E-state index contributed by atoms with van der Waals surface area (Å²) in [6.07, 6.45) is 4.63. The second-order valence-corrected chi connectivity index (χ2v) is 24.6. The van der Waals surface area contributed by atoms with Crippen LogP contribution in [0.4, 0.5) is 11.4 Å². The maximum atomic E-state index is 13.0. The molecule has 4 rings (SSSR count). The van der Waals surface area contributed by atoms with E-state index in [0.29, 0.717) is 33.9 Å². The Morgan fingerprint density at radius 3 is 1.78 bits per heavy atom. The fourth-order valence-corrected chi connectivity index (χ4v) is 12.7. The molecule has 0 aromatic heterocycles. The van der Waals surface area contributed by atoms with E-state index in [0.717, 1.165) is 6.07 Å². The monoisotopic (exact) mass is 986 g/mol. The Kier molecular flexibility index (Phi) is 20.3. The molecular weight excluding hydrogens is 950 g/mol. The van der Waals surface area contributed by atoms with Gasteiger partial charge in [-0.1, -0.05) is 32.1 Å². The molecule has 2 aliphatic heterocycles. The predicted molar refractivity (Wildman–Crippen MR) is 196 cm³/mol. The summed E-state index contributed by atoms with van der Waals surface area (Å²) in [7, 11) is -28.1. The Morgan fingerprint density at radius 1 is 0.672 bits per heavy atom. The minimum atomic E-state index is -5.11. The van der Waals surface area contributed by atoms with Gasteiger partial charge in [-0.05, 0) is 49.2 Å². The molecule has 0 atom stereocenters. The third-order valence-corrected chi connectivity index (χ3v) is 16.5. The average Bonchev–Trinajstić information content (AvgIpc) is 3.33. The molecule has 2 aromatic carbocycles. The van der Waals surface area contributed by atoms with Crippen molar-refractivity contribution in [2.45, 2.75) is 49.2 Å². The van der Waals surface area contributed by atoms with Gasteiger partial charge in [-0.2, -0.15) is 4.58 Å². The van der Waals surface area contributed by atoms with Crippen LogP contribution in [0, 0.1) is 0 Å². The number of anilines is 1. The molecule has 306 valence electrons. The van der Waals surface area contributed by atoms with E-state index in [1.807, 2.05) is 0 Å². The third-order valence-electron chi connectivity index (χ3n) is 9.13. The predicted octanol–water partition coefficient (Wildman–Crippen LogP) is -8.86. The minimum absolute atomic E-state index is 0. The number of nitrogens with zero attached hydrogens (tertiary/aromatic N) is 2. The molecule has 0 bridgehead atoms. The van der Waals surface area contributed by atoms with E-state index in [1.165, 1.54) is 45.9 Å². The first-order chi connectivity index (χ1) is 24.7. The van der Waals surface area contributed by atoms with Crippen molar-refractivity contribution in [1.82, 2.24) is 0 Å². The Balaban J connectivity index is 0.00000561. The molecule has 0 amide bonds. The summed E-state index contributed by atoms with van der Waals surface area (Å²) >= 11 is 0. The molecule has 0 aliphatic carbocycles. The van der Waals surface area contributed by atoms with E-state index in [2.05, 4.69) is 0 Å². The van der Waals surface area contributed by atoms with Crippen LogP contribution < -0.4 is 137 Å². The number of hydrogen-bond donors (Lipinski definition) is 0. The summed E-state index contributed by atoms with van der Waals surface area (Å²) in [5.41, 5.74) is 0.364. The molecular formula is C31H37K2N2NaO16S6. The first-order valence-corrected chi connectivity index (χ1v) is 25.8. The van der Waals surface area contributed by atoms with Gasteiger partial charge in [0, 0.05) is 41.1 Å². The molecule has 2 aromatic rings. The van der Waals surface area contributed by atoms with E-state index in [4.69, 9.17) is 0 Å². The van der Waals surface area contributed by atoms with Gasteiger partial charge in [-0.15, -0.1) is 0 Å². The number of benzene rings is 2. The first kappa shape index (κ1) is 57.2. The maximum Gasteiger partial charge on any atom is 1.00 e. The third kappa shape index (κ3) is 15.2. The standard InChI is InChI=1S/C31H40N2O16S6.2K.Na/c1-30(2)24-18-22(20-50(34,35)21-55(47,48)49)8-10-26(24)32(12-14-52(38,39)40)28(30)6-5-7-29-31(3,4)25-19-23(51(36,37)16-17-54(44,45)46)9-11-27(25)33(29)13-15-53(41,42)43;;;/h5-11,18-19H,12-17,20-21H2,1-4H3,(H3-,38,39,40,41,42,43,44,45,46,47,48,49);;;/q;3*+1/p-3. The number of rotatable bonds is 16. The number of hydrogen-bond acceptors (Lipinski definition) is 17. The van der Waals surface area contributed by atoms with Crippen molar-refractivity contribution in [3.63, 3.8) is 0 Å². The molecule has 27 heteroatoms. The summed E-state index contributed by atoms with van der Waals surface area (Å²) in [4.78, 5) is 1.22. The summed E-state index contributed by atoms with van der Waals surface area (Å²) in [6.45, 7) is 6.09. The largest absolute Gasteiger partial charge is 1.00 e. The van der Waals surface area contributed by atoms with E-state index in [-0.39, 0.29) is 156 Å². The van der Waals surface area contributed by atoms with E-state index >= 15 is 0 Å². The number of allylic oxidation sites excluding steroid dienone is 4. The van der Waals surface area contributed by atoms with Gasteiger partial charge >= 0.3 is 132 Å². The number of sulfone groups is 2. The van der Waals surface area contributed by atoms with Gasteiger partial charge in [0.05, 0.1) is 59.3 Å². The Hall–Kier alpha value is 1.20. The van der Waals surface area contributed by atoms with Crippen LogP contribution in [0.15, 0.2) is 65.2 Å². The molecule has 0 N–H and O–H groups in total. The molecule has 0 saturated heterocycles. The van der Waals surface area contributed by atoms with Gasteiger partial charge in [0.2, 0.25) is 5.69 Å². The number of fused-ring (bicyclic) bond motifs is 2. The summed E-state index contributed by atoms with van der Waals surface area (Å²) in [5.74, 6) is -4.62. The van der Waals surface area contributed by atoms with Gasteiger partial charge in [-0.3, -0.25) is 0 Å².